The molecule has 0 spiro atoms. The van der Waals surface area contributed by atoms with Crippen LogP contribution < -0.4 is 16.6 Å². The number of nitrogens with zero attached hydrogens (tertiary/aromatic N) is 1. The Morgan fingerprint density at radius 3 is 2.74 bits per heavy atom. The van der Waals surface area contributed by atoms with Crippen LogP contribution in [0.25, 0.3) is 0 Å². The summed E-state index contributed by atoms with van der Waals surface area (Å²) in [4.78, 5) is 4.37. The van der Waals surface area contributed by atoms with Crippen molar-refractivity contribution < 1.29 is 4.74 Å². The highest BCUT2D eigenvalue weighted by atomic mass is 79.9. The summed E-state index contributed by atoms with van der Waals surface area (Å²) in [6, 6.07) is 8.04. The van der Waals surface area contributed by atoms with Crippen LogP contribution in [-0.2, 0) is 11.3 Å². The van der Waals surface area contributed by atoms with E-state index in [-0.39, 0.29) is 0 Å². The van der Waals surface area contributed by atoms with E-state index in [0.29, 0.717) is 12.5 Å². The SMILES string of the molecule is CCOCCCNC(=NCc1ccc(Br)cc1)NN. The van der Waals surface area contributed by atoms with Crippen LogP contribution >= 0.6 is 15.9 Å². The smallest absolute Gasteiger partial charge is 0.206 e. The minimum absolute atomic E-state index is 0.589. The average Bonchev–Trinajstić information content (AvgIpc) is 2.44. The molecule has 1 rings (SSSR count). The maximum absolute atomic E-state index is 5.42. The topological polar surface area (TPSA) is 71.7 Å². The highest BCUT2D eigenvalue weighted by molar-refractivity contribution is 9.10. The van der Waals surface area contributed by atoms with Crippen molar-refractivity contribution in [3.63, 3.8) is 0 Å². The molecule has 0 unspecified atom stereocenters. The van der Waals surface area contributed by atoms with Gasteiger partial charge >= 0.3 is 0 Å². The number of hydrazine groups is 1. The fourth-order valence-electron chi connectivity index (χ4n) is 1.44. The molecule has 0 aliphatic rings. The molecule has 0 heterocycles. The van der Waals surface area contributed by atoms with Crippen LogP contribution in [0.3, 0.4) is 0 Å². The van der Waals surface area contributed by atoms with E-state index in [0.717, 1.165) is 36.2 Å². The zero-order chi connectivity index (χ0) is 13.9. The van der Waals surface area contributed by atoms with Crippen LogP contribution in [-0.4, -0.2) is 25.7 Å². The summed E-state index contributed by atoms with van der Waals surface area (Å²) in [6.07, 6.45) is 0.923. The van der Waals surface area contributed by atoms with Gasteiger partial charge in [-0.15, -0.1) is 0 Å². The summed E-state index contributed by atoms with van der Waals surface area (Å²) in [5.74, 6) is 6.02. The van der Waals surface area contributed by atoms with E-state index in [1.807, 2.05) is 31.2 Å². The number of hydrogen-bond acceptors (Lipinski definition) is 3. The predicted octanol–water partition coefficient (Wildman–Crippen LogP) is 1.78. The molecule has 0 atom stereocenters. The van der Waals surface area contributed by atoms with E-state index < -0.39 is 0 Å². The molecule has 0 bridgehead atoms. The van der Waals surface area contributed by atoms with E-state index in [4.69, 9.17) is 10.6 Å². The first-order valence-electron chi connectivity index (χ1n) is 6.33. The summed E-state index contributed by atoms with van der Waals surface area (Å²) >= 11 is 3.40. The first-order chi connectivity index (χ1) is 9.26. The van der Waals surface area contributed by atoms with Gasteiger partial charge in [-0.25, -0.2) is 10.8 Å². The van der Waals surface area contributed by atoms with Gasteiger partial charge < -0.3 is 10.1 Å². The summed E-state index contributed by atoms with van der Waals surface area (Å²) < 4.78 is 6.31. The summed E-state index contributed by atoms with van der Waals surface area (Å²) in [6.45, 7) is 4.85. The van der Waals surface area contributed by atoms with Crippen LogP contribution in [0.4, 0.5) is 0 Å². The molecule has 0 radical (unpaired) electrons. The molecule has 0 amide bonds. The molecular weight excluding hydrogens is 308 g/mol. The Labute approximate surface area is 122 Å². The van der Waals surface area contributed by atoms with Crippen molar-refractivity contribution in [2.75, 3.05) is 19.8 Å². The number of nitrogens with two attached hydrogens (primary N) is 1. The molecule has 19 heavy (non-hydrogen) atoms. The van der Waals surface area contributed by atoms with Gasteiger partial charge in [0.15, 0.2) is 0 Å². The summed E-state index contributed by atoms with van der Waals surface area (Å²) in [5.41, 5.74) is 3.69. The van der Waals surface area contributed by atoms with Crippen molar-refractivity contribution >= 4 is 21.9 Å². The second-order valence-corrected chi connectivity index (χ2v) is 4.83. The predicted molar refractivity (Wildman–Crippen MR) is 81.7 cm³/mol. The number of ether oxygens (including phenoxy) is 1. The van der Waals surface area contributed by atoms with Gasteiger partial charge in [0, 0.05) is 24.2 Å². The maximum Gasteiger partial charge on any atom is 0.206 e. The number of hydrogen-bond donors (Lipinski definition) is 3. The van der Waals surface area contributed by atoms with Gasteiger partial charge in [0.25, 0.3) is 0 Å². The quantitative estimate of drug-likeness (QED) is 0.234. The zero-order valence-electron chi connectivity index (χ0n) is 11.2. The number of benzene rings is 1. The normalized spacial score (nSPS) is 11.4. The van der Waals surface area contributed by atoms with E-state index in [9.17, 15) is 0 Å². The lowest BCUT2D eigenvalue weighted by molar-refractivity contribution is 0.145. The zero-order valence-corrected chi connectivity index (χ0v) is 12.7. The van der Waals surface area contributed by atoms with Crippen LogP contribution in [0, 0.1) is 0 Å². The van der Waals surface area contributed by atoms with Crippen molar-refractivity contribution in [1.29, 1.82) is 0 Å². The molecule has 4 N–H and O–H groups in total. The molecule has 1 aromatic carbocycles. The molecule has 0 saturated carbocycles. The molecule has 1 aromatic rings. The fourth-order valence-corrected chi connectivity index (χ4v) is 1.70. The minimum atomic E-state index is 0.589. The second kappa shape index (κ2) is 9.77. The van der Waals surface area contributed by atoms with Crippen molar-refractivity contribution in [1.82, 2.24) is 10.7 Å². The Hall–Kier alpha value is -1.11. The van der Waals surface area contributed by atoms with Gasteiger partial charge in [-0.2, -0.15) is 0 Å². The van der Waals surface area contributed by atoms with E-state index >= 15 is 0 Å². The summed E-state index contributed by atoms with van der Waals surface area (Å²) in [5, 5.41) is 3.13. The number of nitrogens with one attached hydrogen (secondary N) is 2. The van der Waals surface area contributed by atoms with Gasteiger partial charge in [-0.05, 0) is 31.0 Å². The highest BCUT2D eigenvalue weighted by Crippen LogP contribution is 2.10. The van der Waals surface area contributed by atoms with Gasteiger partial charge in [-0.3, -0.25) is 5.43 Å². The number of aliphatic imine (C=N–C) groups is 1. The minimum Gasteiger partial charge on any atom is -0.382 e. The lowest BCUT2D eigenvalue weighted by atomic mass is 10.2. The van der Waals surface area contributed by atoms with Crippen molar-refractivity contribution in [3.8, 4) is 0 Å². The molecule has 6 heteroatoms. The van der Waals surface area contributed by atoms with Crippen molar-refractivity contribution in [2.45, 2.75) is 19.9 Å². The van der Waals surface area contributed by atoms with Crippen LogP contribution in [0.15, 0.2) is 33.7 Å². The van der Waals surface area contributed by atoms with Crippen LogP contribution in [0.5, 0.6) is 0 Å². The third-order valence-corrected chi connectivity index (χ3v) is 2.96. The average molecular weight is 329 g/mol. The first kappa shape index (κ1) is 15.9. The Kier molecular flexibility index (Phi) is 8.20. The fraction of sp³-hybridized carbons (Fsp3) is 0.462. The van der Waals surface area contributed by atoms with E-state index in [1.165, 1.54) is 0 Å². The van der Waals surface area contributed by atoms with Crippen molar-refractivity contribution in [3.05, 3.63) is 34.3 Å². The van der Waals surface area contributed by atoms with Gasteiger partial charge in [-0.1, -0.05) is 28.1 Å². The van der Waals surface area contributed by atoms with Gasteiger partial charge in [0.2, 0.25) is 5.96 Å². The number of rotatable bonds is 7. The Morgan fingerprint density at radius 1 is 1.37 bits per heavy atom. The molecule has 106 valence electrons. The lowest BCUT2D eigenvalue weighted by Crippen LogP contribution is -2.42. The monoisotopic (exact) mass is 328 g/mol. The summed E-state index contributed by atoms with van der Waals surface area (Å²) in [7, 11) is 0. The second-order valence-electron chi connectivity index (χ2n) is 3.91. The number of guanidine groups is 1. The Morgan fingerprint density at radius 2 is 2.11 bits per heavy atom. The van der Waals surface area contributed by atoms with Gasteiger partial charge in [0.05, 0.1) is 6.54 Å². The van der Waals surface area contributed by atoms with Gasteiger partial charge in [0.1, 0.15) is 0 Å². The Bertz CT molecular complexity index is 381. The molecule has 5 nitrogen and oxygen atoms in total. The lowest BCUT2D eigenvalue weighted by Gasteiger charge is -2.09. The largest absolute Gasteiger partial charge is 0.382 e. The number of halogens is 1. The standard InChI is InChI=1S/C13H21BrN4O/c1-2-19-9-3-8-16-13(18-15)17-10-11-4-6-12(14)7-5-11/h4-7H,2-3,8-10,15H2,1H3,(H2,16,17,18). The Balaban J connectivity index is 2.33. The molecule has 0 aromatic heterocycles. The third kappa shape index (κ3) is 7.15. The molecule has 0 aliphatic heterocycles. The highest BCUT2D eigenvalue weighted by Gasteiger charge is 1.96. The third-order valence-electron chi connectivity index (χ3n) is 2.43. The molecular formula is C13H21BrN4O. The van der Waals surface area contributed by atoms with E-state index in [1.54, 1.807) is 0 Å². The van der Waals surface area contributed by atoms with Crippen LogP contribution in [0.2, 0.25) is 0 Å². The first-order valence-corrected chi connectivity index (χ1v) is 7.12. The molecule has 0 aliphatic carbocycles. The molecule has 0 saturated heterocycles. The maximum atomic E-state index is 5.42. The van der Waals surface area contributed by atoms with E-state index in [2.05, 4.69) is 31.7 Å². The van der Waals surface area contributed by atoms with Crippen LogP contribution in [0.1, 0.15) is 18.9 Å². The molecule has 0 fully saturated rings. The van der Waals surface area contributed by atoms with Crippen molar-refractivity contribution in [2.24, 2.45) is 10.8 Å².